The van der Waals surface area contributed by atoms with E-state index < -0.39 is 55.4 Å². The third kappa shape index (κ3) is 31.1. The number of rotatable bonds is 38. The minimum Gasteiger partial charge on any atom is -0.462 e. The van der Waals surface area contributed by atoms with Crippen LogP contribution in [0.15, 0.2) is 72.9 Å². The van der Waals surface area contributed by atoms with Gasteiger partial charge in [-0.25, -0.2) is 0 Å². The molecule has 1 aliphatic rings. The molecule has 6 atom stereocenters. The van der Waals surface area contributed by atoms with E-state index in [0.717, 1.165) is 57.8 Å². The molecular weight excluding hydrogens is 761 g/mol. The van der Waals surface area contributed by atoms with E-state index in [-0.39, 0.29) is 26.1 Å². The molecule has 0 aromatic carbocycles. The standard InChI is InChI=1S/C50H84O10/c1-3-5-7-9-11-13-15-17-19-21-22-23-25-26-28-30-32-34-36-38-45(52)57-41-43(42-58-50-49(56)48(55)47(54)44(40-51)60-50)59-46(53)39-37-35-33-31-29-27-24-20-18-16-14-12-10-8-6-4-2/h5,7,11,13,17,19,22-23,26,28,32,34,43-44,47-51,54-56H,3-4,6,8-10,12,14-16,18,20-21,24-25,27,29-31,33,35-42H2,1-2H3/b7-5+,13-11+,19-17+,23-22+,28-26+,34-32+/t43-,44-,47+,48?,49?,50-/m0/s1. The number of carbonyl (C=O) groups is 2. The van der Waals surface area contributed by atoms with Crippen molar-refractivity contribution < 1.29 is 49.0 Å². The van der Waals surface area contributed by atoms with E-state index in [1.165, 1.54) is 77.0 Å². The van der Waals surface area contributed by atoms with Gasteiger partial charge in [0.05, 0.1) is 13.2 Å². The molecule has 0 spiro atoms. The van der Waals surface area contributed by atoms with E-state index in [1.54, 1.807) is 0 Å². The number of carbonyl (C=O) groups excluding carboxylic acids is 2. The maximum atomic E-state index is 12.8. The fraction of sp³-hybridized carbons (Fsp3) is 0.720. The van der Waals surface area contributed by atoms with Gasteiger partial charge in [0, 0.05) is 12.8 Å². The van der Waals surface area contributed by atoms with Crippen LogP contribution in [0.5, 0.6) is 0 Å². The zero-order valence-corrected chi connectivity index (χ0v) is 37.4. The summed E-state index contributed by atoms with van der Waals surface area (Å²) in [4.78, 5) is 25.3. The first-order valence-electron chi connectivity index (χ1n) is 23.5. The van der Waals surface area contributed by atoms with Crippen molar-refractivity contribution in [2.75, 3.05) is 19.8 Å². The van der Waals surface area contributed by atoms with Crippen LogP contribution in [-0.4, -0.2) is 89.0 Å². The molecule has 1 saturated heterocycles. The zero-order chi connectivity index (χ0) is 43.7. The van der Waals surface area contributed by atoms with E-state index in [1.807, 2.05) is 12.2 Å². The van der Waals surface area contributed by atoms with Crippen molar-refractivity contribution in [2.45, 2.75) is 211 Å². The molecule has 0 aromatic rings. The summed E-state index contributed by atoms with van der Waals surface area (Å²) in [5.74, 6) is -0.905. The normalized spacial score (nSPS) is 20.5. The lowest BCUT2D eigenvalue weighted by molar-refractivity contribution is -0.305. The molecule has 1 fully saturated rings. The molecule has 10 heteroatoms. The van der Waals surface area contributed by atoms with E-state index >= 15 is 0 Å². The molecule has 60 heavy (non-hydrogen) atoms. The first kappa shape index (κ1) is 55.2. The minimum absolute atomic E-state index is 0.148. The number of ether oxygens (including phenoxy) is 4. The van der Waals surface area contributed by atoms with Gasteiger partial charge in [-0.1, -0.05) is 183 Å². The average Bonchev–Trinajstić information content (AvgIpc) is 3.25. The Morgan fingerprint density at radius 3 is 1.45 bits per heavy atom. The Balaban J connectivity index is 2.37. The van der Waals surface area contributed by atoms with E-state index in [9.17, 15) is 30.0 Å². The van der Waals surface area contributed by atoms with Crippen LogP contribution in [0.3, 0.4) is 0 Å². The third-order valence-electron chi connectivity index (χ3n) is 10.4. The van der Waals surface area contributed by atoms with Gasteiger partial charge in [-0.05, 0) is 51.4 Å². The second-order valence-electron chi connectivity index (χ2n) is 15.8. The molecule has 0 saturated carbocycles. The van der Waals surface area contributed by atoms with Gasteiger partial charge < -0.3 is 39.4 Å². The quantitative estimate of drug-likeness (QED) is 0.0268. The molecular formula is C50H84O10. The Labute approximate surface area is 363 Å². The third-order valence-corrected chi connectivity index (χ3v) is 10.4. The summed E-state index contributed by atoms with van der Waals surface area (Å²) in [6, 6.07) is 0. The number of allylic oxidation sites excluding steroid dienone is 12. The highest BCUT2D eigenvalue weighted by atomic mass is 16.7. The molecule has 0 aliphatic carbocycles. The Morgan fingerprint density at radius 1 is 0.533 bits per heavy atom. The molecule has 0 amide bonds. The van der Waals surface area contributed by atoms with Crippen LogP contribution in [0.25, 0.3) is 0 Å². The van der Waals surface area contributed by atoms with Gasteiger partial charge in [-0.15, -0.1) is 0 Å². The summed E-state index contributed by atoms with van der Waals surface area (Å²) in [7, 11) is 0. The second kappa shape index (κ2) is 40.2. The predicted octanol–water partition coefficient (Wildman–Crippen LogP) is 10.4. The van der Waals surface area contributed by atoms with Gasteiger partial charge in [-0.3, -0.25) is 9.59 Å². The zero-order valence-electron chi connectivity index (χ0n) is 37.4. The van der Waals surface area contributed by atoms with Crippen molar-refractivity contribution >= 4 is 11.9 Å². The highest BCUT2D eigenvalue weighted by molar-refractivity contribution is 5.70. The van der Waals surface area contributed by atoms with Crippen molar-refractivity contribution in [3.05, 3.63) is 72.9 Å². The molecule has 1 heterocycles. The highest BCUT2D eigenvalue weighted by Gasteiger charge is 2.44. The largest absolute Gasteiger partial charge is 0.462 e. The summed E-state index contributed by atoms with van der Waals surface area (Å²) in [6.07, 6.45) is 43.5. The Hall–Kier alpha value is -2.86. The summed E-state index contributed by atoms with van der Waals surface area (Å²) in [6.45, 7) is 3.24. The first-order chi connectivity index (χ1) is 29.3. The summed E-state index contributed by atoms with van der Waals surface area (Å²) < 4.78 is 22.1. The molecule has 344 valence electrons. The van der Waals surface area contributed by atoms with Crippen LogP contribution >= 0.6 is 0 Å². The summed E-state index contributed by atoms with van der Waals surface area (Å²) in [5, 5.41) is 40.1. The maximum absolute atomic E-state index is 12.8. The van der Waals surface area contributed by atoms with Crippen molar-refractivity contribution in [3.63, 3.8) is 0 Å². The Morgan fingerprint density at radius 2 is 0.983 bits per heavy atom. The van der Waals surface area contributed by atoms with Gasteiger partial charge in [0.15, 0.2) is 12.4 Å². The number of hydrogen-bond acceptors (Lipinski definition) is 10. The number of unbranched alkanes of at least 4 members (excludes halogenated alkanes) is 15. The van der Waals surface area contributed by atoms with Crippen molar-refractivity contribution in [2.24, 2.45) is 0 Å². The average molecular weight is 845 g/mol. The minimum atomic E-state index is -1.61. The number of aliphatic hydroxyl groups is 4. The van der Waals surface area contributed by atoms with Crippen LogP contribution in [0.1, 0.15) is 174 Å². The monoisotopic (exact) mass is 845 g/mol. The van der Waals surface area contributed by atoms with Gasteiger partial charge in [0.25, 0.3) is 0 Å². The van der Waals surface area contributed by atoms with E-state index in [2.05, 4.69) is 74.6 Å². The fourth-order valence-electron chi connectivity index (χ4n) is 6.68. The molecule has 0 radical (unpaired) electrons. The van der Waals surface area contributed by atoms with Crippen LogP contribution in [0.2, 0.25) is 0 Å². The van der Waals surface area contributed by atoms with E-state index in [4.69, 9.17) is 18.9 Å². The smallest absolute Gasteiger partial charge is 0.306 e. The molecule has 10 nitrogen and oxygen atoms in total. The van der Waals surface area contributed by atoms with Gasteiger partial charge >= 0.3 is 11.9 Å². The molecule has 2 unspecified atom stereocenters. The molecule has 0 aromatic heterocycles. The lowest BCUT2D eigenvalue weighted by Crippen LogP contribution is -2.59. The first-order valence-corrected chi connectivity index (χ1v) is 23.5. The van der Waals surface area contributed by atoms with Gasteiger partial charge in [0.2, 0.25) is 0 Å². The lowest BCUT2D eigenvalue weighted by Gasteiger charge is -2.39. The van der Waals surface area contributed by atoms with Crippen LogP contribution in [0, 0.1) is 0 Å². The van der Waals surface area contributed by atoms with Crippen molar-refractivity contribution in [3.8, 4) is 0 Å². The van der Waals surface area contributed by atoms with Crippen LogP contribution in [0.4, 0.5) is 0 Å². The molecule has 4 N–H and O–H groups in total. The second-order valence-corrected chi connectivity index (χ2v) is 15.8. The molecule has 1 aliphatic heterocycles. The lowest BCUT2D eigenvalue weighted by atomic mass is 9.99. The molecule has 1 rings (SSSR count). The van der Waals surface area contributed by atoms with Crippen LogP contribution in [-0.2, 0) is 28.5 Å². The fourth-order valence-corrected chi connectivity index (χ4v) is 6.68. The highest BCUT2D eigenvalue weighted by Crippen LogP contribution is 2.22. The van der Waals surface area contributed by atoms with Crippen molar-refractivity contribution in [1.29, 1.82) is 0 Å². The summed E-state index contributed by atoms with van der Waals surface area (Å²) >= 11 is 0. The molecule has 0 bridgehead atoms. The Kier molecular flexibility index (Phi) is 37.0. The van der Waals surface area contributed by atoms with Crippen molar-refractivity contribution in [1.82, 2.24) is 0 Å². The number of esters is 2. The SMILES string of the molecule is CC/C=C/C/C=C/C/C=C/C/C=C/C/C=C/C/C=C/CCC(=O)OC[C@@H](CO[C@H]1O[C@@H](CO)[C@@H](O)C(O)C1O)OC(=O)CCCCCCCCCCCCCCCCCC. The Bertz CT molecular complexity index is 1210. The number of hydrogen-bond donors (Lipinski definition) is 4. The predicted molar refractivity (Wildman–Crippen MR) is 242 cm³/mol. The number of aliphatic hydroxyl groups excluding tert-OH is 4. The topological polar surface area (TPSA) is 152 Å². The van der Waals surface area contributed by atoms with Crippen LogP contribution < -0.4 is 0 Å². The van der Waals surface area contributed by atoms with E-state index in [0.29, 0.717) is 12.8 Å². The van der Waals surface area contributed by atoms with Gasteiger partial charge in [0.1, 0.15) is 31.0 Å². The maximum Gasteiger partial charge on any atom is 0.306 e. The van der Waals surface area contributed by atoms with Gasteiger partial charge in [-0.2, -0.15) is 0 Å². The summed E-state index contributed by atoms with van der Waals surface area (Å²) in [5.41, 5.74) is 0.